The summed E-state index contributed by atoms with van der Waals surface area (Å²) in [6, 6.07) is 0. The van der Waals surface area contributed by atoms with Crippen LogP contribution in [0, 0.1) is 0 Å². The van der Waals surface area contributed by atoms with Crippen LogP contribution in [0.2, 0.25) is 0 Å². The van der Waals surface area contributed by atoms with E-state index in [2.05, 4.69) is 10.4 Å². The molecule has 1 aromatic heterocycles. The predicted octanol–water partition coefficient (Wildman–Crippen LogP) is -0.0667. The van der Waals surface area contributed by atoms with Crippen LogP contribution in [0.1, 0.15) is 5.56 Å². The molecule has 0 radical (unpaired) electrons. The number of rotatable bonds is 1. The second kappa shape index (κ2) is 2.48. The van der Waals surface area contributed by atoms with Crippen molar-refractivity contribution in [1.29, 1.82) is 0 Å². The highest BCUT2D eigenvalue weighted by Gasteiger charge is 2.17. The SMILES string of the molecule is Cn1cc(C2=CNCC2=O)cn1. The first-order valence-electron chi connectivity index (χ1n) is 3.73. The summed E-state index contributed by atoms with van der Waals surface area (Å²) in [6.07, 6.45) is 5.26. The van der Waals surface area contributed by atoms with Crippen molar-refractivity contribution < 1.29 is 4.79 Å². The number of carbonyl (C=O) groups is 1. The quantitative estimate of drug-likeness (QED) is 0.630. The molecule has 2 rings (SSSR count). The van der Waals surface area contributed by atoms with E-state index in [4.69, 9.17) is 0 Å². The second-order valence-electron chi connectivity index (χ2n) is 2.76. The molecule has 0 aromatic carbocycles. The Morgan fingerprint density at radius 1 is 1.67 bits per heavy atom. The largest absolute Gasteiger partial charge is 0.383 e. The highest BCUT2D eigenvalue weighted by atomic mass is 16.1. The van der Waals surface area contributed by atoms with E-state index in [0.29, 0.717) is 6.54 Å². The summed E-state index contributed by atoms with van der Waals surface area (Å²) in [5.41, 5.74) is 1.61. The van der Waals surface area contributed by atoms with Gasteiger partial charge in [-0.1, -0.05) is 0 Å². The van der Waals surface area contributed by atoms with Crippen molar-refractivity contribution in [2.24, 2.45) is 7.05 Å². The predicted molar refractivity (Wildman–Crippen MR) is 44.2 cm³/mol. The van der Waals surface area contributed by atoms with Crippen molar-refractivity contribution in [3.05, 3.63) is 24.2 Å². The Bertz CT molecular complexity index is 351. The van der Waals surface area contributed by atoms with Crippen LogP contribution in [-0.4, -0.2) is 22.1 Å². The van der Waals surface area contributed by atoms with Crippen LogP contribution in [0.25, 0.3) is 5.57 Å². The van der Waals surface area contributed by atoms with Gasteiger partial charge in [0.25, 0.3) is 0 Å². The van der Waals surface area contributed by atoms with Gasteiger partial charge in [0.15, 0.2) is 5.78 Å². The first kappa shape index (κ1) is 7.09. The van der Waals surface area contributed by atoms with Crippen molar-refractivity contribution in [3.63, 3.8) is 0 Å². The highest BCUT2D eigenvalue weighted by molar-refractivity contribution is 6.23. The van der Waals surface area contributed by atoms with Crippen molar-refractivity contribution in [2.75, 3.05) is 6.54 Å². The maximum atomic E-state index is 11.2. The van der Waals surface area contributed by atoms with Gasteiger partial charge in [-0.25, -0.2) is 0 Å². The lowest BCUT2D eigenvalue weighted by molar-refractivity contribution is -0.112. The first-order chi connectivity index (χ1) is 5.77. The second-order valence-corrected chi connectivity index (χ2v) is 2.76. The van der Waals surface area contributed by atoms with Crippen molar-refractivity contribution in [3.8, 4) is 0 Å². The standard InChI is InChI=1S/C8H9N3O/c1-11-5-6(2-10-11)7-3-9-4-8(7)12/h2-3,5,9H,4H2,1H3. The molecule has 1 N–H and O–H groups in total. The van der Waals surface area contributed by atoms with E-state index in [-0.39, 0.29) is 5.78 Å². The number of carbonyl (C=O) groups excluding carboxylic acids is 1. The average Bonchev–Trinajstić information content (AvgIpc) is 2.58. The van der Waals surface area contributed by atoms with Crippen LogP contribution in [0.15, 0.2) is 18.6 Å². The lowest BCUT2D eigenvalue weighted by Crippen LogP contribution is -2.08. The van der Waals surface area contributed by atoms with Gasteiger partial charge in [0.2, 0.25) is 0 Å². The van der Waals surface area contributed by atoms with Gasteiger partial charge in [-0.15, -0.1) is 0 Å². The molecule has 62 valence electrons. The van der Waals surface area contributed by atoms with Crippen molar-refractivity contribution >= 4 is 11.4 Å². The molecule has 0 unspecified atom stereocenters. The molecule has 4 heteroatoms. The molecule has 0 saturated carbocycles. The Morgan fingerprint density at radius 3 is 3.00 bits per heavy atom. The summed E-state index contributed by atoms with van der Waals surface area (Å²) in [6.45, 7) is 0.407. The minimum absolute atomic E-state index is 0.128. The molecule has 0 aliphatic carbocycles. The lowest BCUT2D eigenvalue weighted by Gasteiger charge is -1.91. The van der Waals surface area contributed by atoms with Crippen molar-refractivity contribution in [2.45, 2.75) is 0 Å². The minimum atomic E-state index is 0.128. The molecule has 1 aliphatic rings. The molecule has 12 heavy (non-hydrogen) atoms. The normalized spacial score (nSPS) is 16.1. The number of hydrogen-bond donors (Lipinski definition) is 1. The Labute approximate surface area is 69.9 Å². The van der Waals surface area contributed by atoms with Gasteiger partial charge in [-0.2, -0.15) is 5.10 Å². The van der Waals surface area contributed by atoms with E-state index in [1.54, 1.807) is 17.1 Å². The zero-order valence-electron chi connectivity index (χ0n) is 6.74. The molecule has 0 fully saturated rings. The van der Waals surface area contributed by atoms with E-state index in [9.17, 15) is 4.79 Å². The van der Waals surface area contributed by atoms with Gasteiger partial charge >= 0.3 is 0 Å². The number of Topliss-reactive ketones (excluding diaryl/α,β-unsaturated/α-hetero) is 1. The van der Waals surface area contributed by atoms with E-state index in [0.717, 1.165) is 11.1 Å². The molecule has 0 saturated heterocycles. The van der Waals surface area contributed by atoms with Gasteiger partial charge in [-0.3, -0.25) is 9.48 Å². The van der Waals surface area contributed by atoms with E-state index in [1.807, 2.05) is 13.2 Å². The Balaban J connectivity index is 2.37. The van der Waals surface area contributed by atoms with E-state index < -0.39 is 0 Å². The summed E-state index contributed by atoms with van der Waals surface area (Å²) < 4.78 is 1.68. The zero-order chi connectivity index (χ0) is 8.55. The first-order valence-corrected chi connectivity index (χ1v) is 3.73. The van der Waals surface area contributed by atoms with Gasteiger partial charge in [0.1, 0.15) is 0 Å². The maximum Gasteiger partial charge on any atom is 0.184 e. The fourth-order valence-corrected chi connectivity index (χ4v) is 1.23. The van der Waals surface area contributed by atoms with Crippen LogP contribution < -0.4 is 5.32 Å². The van der Waals surface area contributed by atoms with Crippen molar-refractivity contribution in [1.82, 2.24) is 15.1 Å². The summed E-state index contributed by atoms with van der Waals surface area (Å²) in [5, 5.41) is 6.87. The molecule has 0 spiro atoms. The van der Waals surface area contributed by atoms with Crippen LogP contribution in [0.3, 0.4) is 0 Å². The van der Waals surface area contributed by atoms with Gasteiger partial charge < -0.3 is 5.32 Å². The summed E-state index contributed by atoms with van der Waals surface area (Å²) in [4.78, 5) is 11.2. The molecule has 0 amide bonds. The third-order valence-electron chi connectivity index (χ3n) is 1.83. The number of aromatic nitrogens is 2. The Morgan fingerprint density at radius 2 is 2.50 bits per heavy atom. The van der Waals surface area contributed by atoms with E-state index >= 15 is 0 Å². The van der Waals surface area contributed by atoms with Crippen LogP contribution >= 0.6 is 0 Å². The summed E-state index contributed by atoms with van der Waals surface area (Å²) >= 11 is 0. The van der Waals surface area contributed by atoms with Gasteiger partial charge in [0.05, 0.1) is 12.7 Å². The fourth-order valence-electron chi connectivity index (χ4n) is 1.23. The number of ketones is 1. The van der Waals surface area contributed by atoms with Crippen LogP contribution in [-0.2, 0) is 11.8 Å². The molecule has 1 aromatic rings. The molecule has 2 heterocycles. The Kier molecular flexibility index (Phi) is 1.46. The number of aryl methyl sites for hydroxylation is 1. The minimum Gasteiger partial charge on any atom is -0.383 e. The van der Waals surface area contributed by atoms with E-state index in [1.165, 1.54) is 0 Å². The zero-order valence-corrected chi connectivity index (χ0v) is 6.74. The molecule has 4 nitrogen and oxygen atoms in total. The number of hydrogen-bond acceptors (Lipinski definition) is 3. The summed E-state index contributed by atoms with van der Waals surface area (Å²) in [7, 11) is 1.83. The number of nitrogens with zero attached hydrogens (tertiary/aromatic N) is 2. The lowest BCUT2D eigenvalue weighted by atomic mass is 10.1. The third-order valence-corrected chi connectivity index (χ3v) is 1.83. The van der Waals surface area contributed by atoms with Gasteiger partial charge in [-0.05, 0) is 0 Å². The molecule has 0 atom stereocenters. The number of nitrogens with one attached hydrogen (secondary N) is 1. The summed E-state index contributed by atoms with van der Waals surface area (Å²) in [5.74, 6) is 0.128. The fraction of sp³-hybridized carbons (Fsp3) is 0.250. The molecular formula is C8H9N3O. The van der Waals surface area contributed by atoms with Gasteiger partial charge in [0, 0.05) is 30.6 Å². The smallest absolute Gasteiger partial charge is 0.184 e. The van der Waals surface area contributed by atoms with Crippen LogP contribution in [0.4, 0.5) is 0 Å². The topological polar surface area (TPSA) is 46.9 Å². The monoisotopic (exact) mass is 163 g/mol. The highest BCUT2D eigenvalue weighted by Crippen LogP contribution is 2.15. The maximum absolute atomic E-state index is 11.2. The third kappa shape index (κ3) is 1.01. The molecule has 0 bridgehead atoms. The molecular weight excluding hydrogens is 154 g/mol. The Hall–Kier alpha value is -1.58. The van der Waals surface area contributed by atoms with Crippen LogP contribution in [0.5, 0.6) is 0 Å². The molecule has 1 aliphatic heterocycles. The average molecular weight is 163 g/mol.